The molecule has 0 N–H and O–H groups in total. The Morgan fingerprint density at radius 3 is 2.70 bits per heavy atom. The summed E-state index contributed by atoms with van der Waals surface area (Å²) in [7, 11) is 0. The summed E-state index contributed by atoms with van der Waals surface area (Å²) in [6.07, 6.45) is 1.13. The lowest BCUT2D eigenvalue weighted by Gasteiger charge is -2.23. The number of nitrogens with zero attached hydrogens (tertiary/aromatic N) is 4. The zero-order valence-corrected chi connectivity index (χ0v) is 11.8. The number of hydrogen-bond donors (Lipinski definition) is 0. The van der Waals surface area contributed by atoms with Crippen LogP contribution in [0.5, 0.6) is 0 Å². The molecule has 0 spiro atoms. The largest absolute Gasteiger partial charge is 0.330 e. The first kappa shape index (κ1) is 14.2. The second kappa shape index (κ2) is 5.83. The Labute approximate surface area is 121 Å². The summed E-state index contributed by atoms with van der Waals surface area (Å²) in [5.74, 6) is 0.201. The fourth-order valence-corrected chi connectivity index (χ4v) is 2.10. The Balaban J connectivity index is 2.60. The maximum Gasteiger partial charge on any atom is 0.330 e. The lowest BCUT2D eigenvalue weighted by atomic mass is 10.2. The molecule has 6 nitrogen and oxygen atoms in total. The summed E-state index contributed by atoms with van der Waals surface area (Å²) in [5, 5.41) is 11.1. The van der Waals surface area contributed by atoms with Gasteiger partial charge in [-0.25, -0.2) is 4.98 Å². The Morgan fingerprint density at radius 1 is 1.40 bits per heavy atom. The minimum Gasteiger partial charge on any atom is -0.321 e. The Kier molecular flexibility index (Phi) is 4.14. The highest BCUT2D eigenvalue weighted by atomic mass is 35.5. The molecule has 1 heterocycles. The van der Waals surface area contributed by atoms with Crippen LogP contribution in [0.15, 0.2) is 30.5 Å². The number of anilines is 2. The van der Waals surface area contributed by atoms with Gasteiger partial charge in [0.05, 0.1) is 4.92 Å². The zero-order chi connectivity index (χ0) is 14.7. The summed E-state index contributed by atoms with van der Waals surface area (Å²) >= 11 is 5.78. The van der Waals surface area contributed by atoms with E-state index in [1.807, 2.05) is 38.1 Å². The molecule has 0 aliphatic heterocycles. The summed E-state index contributed by atoms with van der Waals surface area (Å²) in [6, 6.07) is 7.61. The van der Waals surface area contributed by atoms with Crippen LogP contribution in [0.25, 0.3) is 0 Å². The number of nitro groups is 1. The van der Waals surface area contributed by atoms with Gasteiger partial charge in [-0.3, -0.25) is 10.1 Å². The van der Waals surface area contributed by atoms with E-state index >= 15 is 0 Å². The average molecular weight is 293 g/mol. The van der Waals surface area contributed by atoms with Crippen molar-refractivity contribution in [3.63, 3.8) is 0 Å². The third kappa shape index (κ3) is 2.70. The monoisotopic (exact) mass is 292 g/mol. The molecule has 0 bridgehead atoms. The van der Waals surface area contributed by atoms with Crippen molar-refractivity contribution in [2.24, 2.45) is 0 Å². The number of para-hydroxylation sites is 1. The van der Waals surface area contributed by atoms with Crippen LogP contribution in [-0.2, 0) is 0 Å². The fraction of sp³-hybridized carbons (Fsp3) is 0.231. The number of rotatable bonds is 4. The van der Waals surface area contributed by atoms with Crippen molar-refractivity contribution in [1.29, 1.82) is 0 Å². The third-order valence-electron chi connectivity index (χ3n) is 2.90. The normalized spacial score (nSPS) is 10.3. The zero-order valence-electron chi connectivity index (χ0n) is 11.1. The van der Waals surface area contributed by atoms with E-state index in [0.717, 1.165) is 17.4 Å². The van der Waals surface area contributed by atoms with Crippen LogP contribution in [0.2, 0.25) is 5.28 Å². The van der Waals surface area contributed by atoms with Gasteiger partial charge in [0.1, 0.15) is 6.20 Å². The molecular formula is C13H13ClN4O2. The summed E-state index contributed by atoms with van der Waals surface area (Å²) in [6.45, 7) is 4.36. The van der Waals surface area contributed by atoms with E-state index in [2.05, 4.69) is 9.97 Å². The Hall–Kier alpha value is -2.21. The van der Waals surface area contributed by atoms with E-state index in [9.17, 15) is 10.1 Å². The van der Waals surface area contributed by atoms with Gasteiger partial charge in [-0.1, -0.05) is 18.2 Å². The molecule has 20 heavy (non-hydrogen) atoms. The minimum atomic E-state index is -0.507. The molecule has 7 heteroatoms. The van der Waals surface area contributed by atoms with E-state index in [-0.39, 0.29) is 16.8 Å². The van der Waals surface area contributed by atoms with Crippen LogP contribution in [-0.4, -0.2) is 21.4 Å². The van der Waals surface area contributed by atoms with Crippen LogP contribution >= 0.6 is 11.6 Å². The Morgan fingerprint density at radius 2 is 2.10 bits per heavy atom. The molecule has 2 rings (SSSR count). The van der Waals surface area contributed by atoms with Gasteiger partial charge in [0.15, 0.2) is 0 Å². The molecule has 2 aromatic rings. The van der Waals surface area contributed by atoms with Gasteiger partial charge in [-0.15, -0.1) is 0 Å². The van der Waals surface area contributed by atoms with E-state index in [4.69, 9.17) is 11.6 Å². The minimum absolute atomic E-state index is 0.0161. The molecule has 1 aromatic carbocycles. The van der Waals surface area contributed by atoms with E-state index in [1.165, 1.54) is 0 Å². The van der Waals surface area contributed by atoms with Crippen molar-refractivity contribution in [2.45, 2.75) is 13.8 Å². The third-order valence-corrected chi connectivity index (χ3v) is 3.08. The second-order valence-electron chi connectivity index (χ2n) is 4.14. The second-order valence-corrected chi connectivity index (χ2v) is 4.47. The molecule has 0 unspecified atom stereocenters. The maximum atomic E-state index is 11.1. The fourth-order valence-electron chi connectivity index (χ4n) is 1.97. The number of benzene rings is 1. The van der Waals surface area contributed by atoms with Crippen LogP contribution in [0, 0.1) is 17.0 Å². The van der Waals surface area contributed by atoms with Crippen molar-refractivity contribution >= 4 is 28.8 Å². The summed E-state index contributed by atoms with van der Waals surface area (Å²) in [4.78, 5) is 20.1. The highest BCUT2D eigenvalue weighted by Gasteiger charge is 2.23. The number of aromatic nitrogens is 2. The summed E-state index contributed by atoms with van der Waals surface area (Å²) in [5.41, 5.74) is 1.69. The topological polar surface area (TPSA) is 72.2 Å². The van der Waals surface area contributed by atoms with Crippen molar-refractivity contribution in [1.82, 2.24) is 9.97 Å². The predicted molar refractivity (Wildman–Crippen MR) is 77.6 cm³/mol. The molecule has 0 fully saturated rings. The number of halogens is 1. The molecule has 0 radical (unpaired) electrons. The SMILES string of the molecule is CCN(c1ccccc1C)c1nc(Cl)ncc1[N+](=O)[O-]. The molecule has 0 saturated carbocycles. The van der Waals surface area contributed by atoms with Gasteiger partial charge in [-0.2, -0.15) is 4.98 Å². The van der Waals surface area contributed by atoms with E-state index < -0.39 is 4.92 Å². The molecule has 1 aromatic heterocycles. The van der Waals surface area contributed by atoms with Gasteiger partial charge < -0.3 is 4.90 Å². The molecule has 0 amide bonds. The van der Waals surface area contributed by atoms with E-state index in [0.29, 0.717) is 6.54 Å². The molecule has 0 atom stereocenters. The summed E-state index contributed by atoms with van der Waals surface area (Å²) < 4.78 is 0. The number of aryl methyl sites for hydroxylation is 1. The van der Waals surface area contributed by atoms with Crippen LogP contribution in [0.1, 0.15) is 12.5 Å². The Bertz CT molecular complexity index is 648. The molecular weight excluding hydrogens is 280 g/mol. The van der Waals surface area contributed by atoms with Crippen LogP contribution in [0.4, 0.5) is 17.2 Å². The van der Waals surface area contributed by atoms with Crippen molar-refractivity contribution < 1.29 is 4.92 Å². The van der Waals surface area contributed by atoms with Crippen molar-refractivity contribution in [3.8, 4) is 0 Å². The standard InChI is InChI=1S/C13H13ClN4O2/c1-3-17(10-7-5-4-6-9(10)2)12-11(18(19)20)8-15-13(14)16-12/h4-8H,3H2,1-2H3. The predicted octanol–water partition coefficient (Wildman–Crippen LogP) is 3.50. The van der Waals surface area contributed by atoms with Crippen molar-refractivity contribution in [3.05, 3.63) is 51.4 Å². The highest BCUT2D eigenvalue weighted by Crippen LogP contribution is 2.33. The van der Waals surface area contributed by atoms with Gasteiger partial charge in [0, 0.05) is 12.2 Å². The number of hydrogen-bond acceptors (Lipinski definition) is 5. The van der Waals surface area contributed by atoms with Crippen LogP contribution in [0.3, 0.4) is 0 Å². The van der Waals surface area contributed by atoms with Crippen LogP contribution < -0.4 is 4.90 Å². The maximum absolute atomic E-state index is 11.1. The molecule has 0 aliphatic carbocycles. The first-order valence-corrected chi connectivity index (χ1v) is 6.42. The first-order valence-electron chi connectivity index (χ1n) is 6.04. The van der Waals surface area contributed by atoms with Gasteiger partial charge >= 0.3 is 5.69 Å². The lowest BCUT2D eigenvalue weighted by molar-refractivity contribution is -0.384. The first-order chi connectivity index (χ1) is 9.54. The van der Waals surface area contributed by atoms with E-state index in [1.54, 1.807) is 4.90 Å². The smallest absolute Gasteiger partial charge is 0.321 e. The lowest BCUT2D eigenvalue weighted by Crippen LogP contribution is -2.20. The molecule has 0 saturated heterocycles. The molecule has 104 valence electrons. The highest BCUT2D eigenvalue weighted by molar-refractivity contribution is 6.28. The molecule has 0 aliphatic rings. The average Bonchev–Trinajstić information content (AvgIpc) is 2.41. The van der Waals surface area contributed by atoms with Crippen molar-refractivity contribution in [2.75, 3.05) is 11.4 Å². The quantitative estimate of drug-likeness (QED) is 0.490. The van der Waals surface area contributed by atoms with Gasteiger partial charge in [0.25, 0.3) is 0 Å². The van der Waals surface area contributed by atoms with Gasteiger partial charge in [-0.05, 0) is 37.1 Å². The van der Waals surface area contributed by atoms with Gasteiger partial charge in [0.2, 0.25) is 11.1 Å².